The van der Waals surface area contributed by atoms with E-state index in [1.165, 1.54) is 19.3 Å². The molecule has 0 aromatic carbocycles. The van der Waals surface area contributed by atoms with Crippen LogP contribution in [0.15, 0.2) is 24.3 Å². The molecule has 0 fully saturated rings. The van der Waals surface area contributed by atoms with Gasteiger partial charge in [0.25, 0.3) is 0 Å². The molecule has 170 valence electrons. The fraction of sp³-hybridized carbons (Fsp3) is 0.762. The fourth-order valence-corrected chi connectivity index (χ4v) is 2.57. The third kappa shape index (κ3) is 23.2. The van der Waals surface area contributed by atoms with Gasteiger partial charge in [0.15, 0.2) is 0 Å². The fourth-order valence-electron chi connectivity index (χ4n) is 2.36. The number of hydrogen-bond acceptors (Lipinski definition) is 5. The third-order valence-corrected chi connectivity index (χ3v) is 4.18. The highest BCUT2D eigenvalue weighted by Crippen LogP contribution is 2.35. The minimum atomic E-state index is -5.50. The zero-order valence-electron chi connectivity index (χ0n) is 22.2. The van der Waals surface area contributed by atoms with E-state index in [1.54, 1.807) is 0 Å². The van der Waals surface area contributed by atoms with E-state index in [4.69, 9.17) is 16.6 Å². The summed E-state index contributed by atoms with van der Waals surface area (Å²) < 4.78 is 55.9. The second-order valence-corrected chi connectivity index (χ2v) is 7.75. The molecule has 0 bridgehead atoms. The maximum Gasteiger partial charge on any atom is 0.469 e. The molecule has 0 spiro atoms. The van der Waals surface area contributed by atoms with Gasteiger partial charge in [0.1, 0.15) is 12.6 Å². The van der Waals surface area contributed by atoms with Gasteiger partial charge in [-0.05, 0) is 38.5 Å². The van der Waals surface area contributed by atoms with E-state index in [0.29, 0.717) is 12.8 Å². The molecule has 0 amide bonds. The van der Waals surface area contributed by atoms with Crippen LogP contribution in [0, 0.1) is 0 Å². The first-order chi connectivity index (χ1) is 15.7. The van der Waals surface area contributed by atoms with E-state index in [0.717, 1.165) is 38.5 Å². The number of allylic oxidation sites excluding steroid dienone is 4. The maximum atomic E-state index is 11.9. The molecule has 0 aromatic heterocycles. The molecule has 0 aromatic rings. The van der Waals surface area contributed by atoms with Crippen LogP contribution in [0.3, 0.4) is 0 Å². The smallest absolute Gasteiger partial charge is 0.463 e. The number of carbonyl (C=O) groups excluding carboxylic acids is 1. The molecule has 0 aliphatic carbocycles. The van der Waals surface area contributed by atoms with E-state index in [2.05, 4.69) is 40.5 Å². The number of ether oxygens (including phenoxy) is 1. The number of esters is 1. The van der Waals surface area contributed by atoms with Crippen LogP contribution in [-0.2, 0) is 18.6 Å². The Morgan fingerprint density at radius 1 is 1.00 bits per heavy atom. The summed E-state index contributed by atoms with van der Waals surface area (Å²) in [4.78, 5) is 29.2. The van der Waals surface area contributed by atoms with E-state index in [-0.39, 0.29) is 6.42 Å². The normalized spacial score (nSPS) is 18.0. The lowest BCUT2D eigenvalue weighted by Gasteiger charge is -2.12. The third-order valence-electron chi connectivity index (χ3n) is 3.85. The first-order valence-corrected chi connectivity index (χ1v) is 11.7. The van der Waals surface area contributed by atoms with Crippen LogP contribution >= 0.6 is 7.82 Å². The van der Waals surface area contributed by atoms with Gasteiger partial charge < -0.3 is 19.6 Å². The van der Waals surface area contributed by atoms with Gasteiger partial charge in [0, 0.05) is 6.42 Å². The van der Waals surface area contributed by atoms with Crippen molar-refractivity contribution in [1.82, 2.24) is 0 Å². The molecule has 0 saturated carbocycles. The van der Waals surface area contributed by atoms with Crippen LogP contribution in [0.1, 0.15) is 90.8 Å². The van der Waals surface area contributed by atoms with Crippen LogP contribution in [0.25, 0.3) is 0 Å². The summed E-state index contributed by atoms with van der Waals surface area (Å²) in [6.45, 7) is -5.31. The summed E-state index contributed by atoms with van der Waals surface area (Å²) in [7, 11) is -5.50. The average Bonchev–Trinajstić information content (AvgIpc) is 2.68. The zero-order chi connectivity index (χ0) is 26.3. The SMILES string of the molecule is [2H]C([2H])(OC(=O)CCCCCCC/C=C\C/C=C\CCCCC)C([2H])(O)C([2H])([2H])OP(=O)(O)O. The molecule has 3 N–H and O–H groups in total. The second kappa shape index (κ2) is 19.0. The molecule has 0 aliphatic rings. The van der Waals surface area contributed by atoms with Crippen molar-refractivity contribution in [3.63, 3.8) is 0 Å². The monoisotopic (exact) mass is 439 g/mol. The van der Waals surface area contributed by atoms with Gasteiger partial charge in [-0.3, -0.25) is 9.32 Å². The summed E-state index contributed by atoms with van der Waals surface area (Å²) in [5, 5.41) is 9.85. The van der Waals surface area contributed by atoms with Gasteiger partial charge in [0.2, 0.25) is 0 Å². The van der Waals surface area contributed by atoms with Gasteiger partial charge in [-0.1, -0.05) is 63.3 Å². The summed E-state index contributed by atoms with van der Waals surface area (Å²) in [5.74, 6) is -1.12. The molecule has 0 radical (unpaired) electrons. The number of phosphoric ester groups is 1. The van der Waals surface area contributed by atoms with Crippen molar-refractivity contribution < 1.29 is 40.4 Å². The zero-order valence-corrected chi connectivity index (χ0v) is 18.1. The molecule has 0 saturated heterocycles. The topological polar surface area (TPSA) is 113 Å². The number of aliphatic hydroxyl groups is 1. The van der Waals surface area contributed by atoms with Crippen LogP contribution < -0.4 is 0 Å². The van der Waals surface area contributed by atoms with Crippen molar-refractivity contribution in [1.29, 1.82) is 0 Å². The Kier molecular flexibility index (Phi) is 13.1. The predicted octanol–water partition coefficient (Wildman–Crippen LogP) is 4.81. The Morgan fingerprint density at radius 3 is 2.21 bits per heavy atom. The standard InChI is InChI=1S/C21H39O7P/c1-2-3-4-5-6-7-8-9-10-11-12-13-14-15-16-17-21(23)27-18-20(22)19-28-29(24,25)26/h6-7,9-10,20,22H,2-5,8,11-19H2,1H3,(H2,24,25,26)/b7-6-,10-9-/i18D2,19D2,20D. The van der Waals surface area contributed by atoms with Gasteiger partial charge in [-0.15, -0.1) is 0 Å². The molecule has 29 heavy (non-hydrogen) atoms. The van der Waals surface area contributed by atoms with Crippen molar-refractivity contribution in [2.75, 3.05) is 13.1 Å². The van der Waals surface area contributed by atoms with Gasteiger partial charge >= 0.3 is 13.8 Å². The lowest BCUT2D eigenvalue weighted by Crippen LogP contribution is -2.23. The quantitative estimate of drug-likeness (QED) is 0.114. The number of carbonyl (C=O) groups is 1. The van der Waals surface area contributed by atoms with Crippen LogP contribution in [-0.4, -0.2) is 40.1 Å². The lowest BCUT2D eigenvalue weighted by atomic mass is 10.1. The summed E-state index contributed by atoms with van der Waals surface area (Å²) >= 11 is 0. The first kappa shape index (κ1) is 20.0. The summed E-state index contributed by atoms with van der Waals surface area (Å²) in [6.07, 6.45) is 15.1. The Labute approximate surface area is 182 Å². The van der Waals surface area contributed by atoms with Crippen LogP contribution in [0.5, 0.6) is 0 Å². The Hall–Kier alpha value is -0.980. The number of hydrogen-bond donors (Lipinski definition) is 3. The molecular weight excluding hydrogens is 395 g/mol. The molecule has 1 unspecified atom stereocenters. The molecule has 0 aliphatic heterocycles. The van der Waals surface area contributed by atoms with Crippen molar-refractivity contribution >= 4 is 13.8 Å². The highest BCUT2D eigenvalue weighted by Gasteiger charge is 2.17. The van der Waals surface area contributed by atoms with E-state index >= 15 is 0 Å². The second-order valence-electron chi connectivity index (χ2n) is 6.59. The Bertz CT molecular complexity index is 693. The van der Waals surface area contributed by atoms with E-state index < -0.39 is 33.0 Å². The van der Waals surface area contributed by atoms with Crippen LogP contribution in [0.4, 0.5) is 0 Å². The number of rotatable bonds is 19. The van der Waals surface area contributed by atoms with Crippen molar-refractivity contribution in [2.24, 2.45) is 0 Å². The van der Waals surface area contributed by atoms with E-state index in [1.807, 2.05) is 0 Å². The largest absolute Gasteiger partial charge is 0.469 e. The minimum Gasteiger partial charge on any atom is -0.463 e. The average molecular weight is 440 g/mol. The number of phosphoric acid groups is 1. The predicted molar refractivity (Wildman–Crippen MR) is 114 cm³/mol. The Morgan fingerprint density at radius 2 is 1.59 bits per heavy atom. The molecule has 8 heteroatoms. The Balaban J connectivity index is 4.12. The molecule has 1 atom stereocenters. The maximum absolute atomic E-state index is 11.9. The van der Waals surface area contributed by atoms with Gasteiger partial charge in [-0.2, -0.15) is 0 Å². The highest BCUT2D eigenvalue weighted by atomic mass is 31.2. The molecule has 7 nitrogen and oxygen atoms in total. The van der Waals surface area contributed by atoms with Crippen molar-refractivity contribution in [3.05, 3.63) is 24.3 Å². The summed E-state index contributed by atoms with van der Waals surface area (Å²) in [5.41, 5.74) is 0. The minimum absolute atomic E-state index is 0.220. The van der Waals surface area contributed by atoms with E-state index in [9.17, 15) is 14.5 Å². The van der Waals surface area contributed by atoms with Gasteiger partial charge in [0.05, 0.1) is 13.4 Å². The first-order valence-electron chi connectivity index (χ1n) is 12.7. The summed E-state index contributed by atoms with van der Waals surface area (Å²) in [6, 6.07) is 0. The molecule has 0 heterocycles. The molecule has 0 rings (SSSR count). The lowest BCUT2D eigenvalue weighted by molar-refractivity contribution is -0.147. The number of unbranched alkanes of at least 4 members (excludes halogenated alkanes) is 8. The van der Waals surface area contributed by atoms with Crippen molar-refractivity contribution in [3.8, 4) is 0 Å². The van der Waals surface area contributed by atoms with Crippen molar-refractivity contribution in [2.45, 2.75) is 90.1 Å². The van der Waals surface area contributed by atoms with Gasteiger partial charge in [-0.25, -0.2) is 4.57 Å². The van der Waals surface area contributed by atoms with Crippen LogP contribution in [0.2, 0.25) is 0 Å². The highest BCUT2D eigenvalue weighted by molar-refractivity contribution is 7.46. The molecular formula is C21H39O7P.